The molecular formula is C30H38N2O4. The number of ketones is 2. The Morgan fingerprint density at radius 1 is 1.08 bits per heavy atom. The van der Waals surface area contributed by atoms with Crippen LogP contribution in [-0.4, -0.2) is 40.6 Å². The molecule has 1 aromatic rings. The van der Waals surface area contributed by atoms with Gasteiger partial charge in [-0.25, -0.2) is 0 Å². The van der Waals surface area contributed by atoms with Gasteiger partial charge in [-0.2, -0.15) is 0 Å². The van der Waals surface area contributed by atoms with E-state index < -0.39 is 0 Å². The molecule has 4 rings (SSSR count). The number of allylic oxidation sites excluding steroid dienone is 4. The van der Waals surface area contributed by atoms with E-state index in [-0.39, 0.29) is 34.4 Å². The minimum absolute atomic E-state index is 0.0439. The number of hydrogen-bond donors (Lipinski definition) is 2. The van der Waals surface area contributed by atoms with Crippen molar-refractivity contribution in [2.45, 2.75) is 79.1 Å². The lowest BCUT2D eigenvalue weighted by Gasteiger charge is -2.26. The van der Waals surface area contributed by atoms with Gasteiger partial charge in [0.1, 0.15) is 17.3 Å². The lowest BCUT2D eigenvalue weighted by atomic mass is 9.81. The number of carbonyl (C=O) groups is 2. The first-order chi connectivity index (χ1) is 17.3. The number of phenols is 1. The van der Waals surface area contributed by atoms with Crippen LogP contribution in [0.1, 0.15) is 84.6 Å². The second kappa shape index (κ2) is 10.9. The van der Waals surface area contributed by atoms with Gasteiger partial charge in [0.15, 0.2) is 0 Å². The molecule has 36 heavy (non-hydrogen) atoms. The summed E-state index contributed by atoms with van der Waals surface area (Å²) in [6, 6.07) is 5.19. The molecule has 0 radical (unpaired) electrons. The highest BCUT2D eigenvalue weighted by molar-refractivity contribution is 6.40. The van der Waals surface area contributed by atoms with Crippen LogP contribution < -0.4 is 4.90 Å². The number of aromatic hydroxyl groups is 1. The standard InChI is InChI=1S/C30H38N2O4/c1-5-21-18(4)28(31-23(21)6-2)27-29(35)26(30(27)36)22-15-14-20(17-25(22)34)32(7-3)16-10-13-24(33)19-11-8-9-12-19/h14-15,17,19,34-35H,5-13,16H2,1-4H3/b28-27+. The third kappa shape index (κ3) is 4.65. The molecule has 1 aromatic carbocycles. The first-order valence-electron chi connectivity index (χ1n) is 13.4. The fourth-order valence-electron chi connectivity index (χ4n) is 5.82. The van der Waals surface area contributed by atoms with Crippen molar-refractivity contribution >= 4 is 28.5 Å². The lowest BCUT2D eigenvalue weighted by molar-refractivity contribution is -0.122. The summed E-state index contributed by atoms with van der Waals surface area (Å²) in [5.41, 5.74) is 5.11. The summed E-state index contributed by atoms with van der Waals surface area (Å²) in [6.45, 7) is 9.54. The highest BCUT2D eigenvalue weighted by Gasteiger charge is 2.40. The van der Waals surface area contributed by atoms with E-state index in [0.717, 1.165) is 67.7 Å². The van der Waals surface area contributed by atoms with Gasteiger partial charge in [0.2, 0.25) is 5.78 Å². The van der Waals surface area contributed by atoms with E-state index in [0.29, 0.717) is 23.5 Å². The topological polar surface area (TPSA) is 90.2 Å². The van der Waals surface area contributed by atoms with Gasteiger partial charge in [-0.3, -0.25) is 14.6 Å². The van der Waals surface area contributed by atoms with Crippen molar-refractivity contribution in [1.29, 1.82) is 0 Å². The zero-order chi connectivity index (χ0) is 26.0. The molecule has 1 saturated carbocycles. The summed E-state index contributed by atoms with van der Waals surface area (Å²) in [5, 5.41) is 21.6. The normalized spacial score (nSPS) is 20.3. The molecule has 6 heteroatoms. The van der Waals surface area contributed by atoms with Crippen LogP contribution in [0.2, 0.25) is 0 Å². The van der Waals surface area contributed by atoms with Gasteiger partial charge in [0, 0.05) is 48.5 Å². The zero-order valence-corrected chi connectivity index (χ0v) is 22.0. The Kier molecular flexibility index (Phi) is 7.82. The van der Waals surface area contributed by atoms with Crippen molar-refractivity contribution in [3.63, 3.8) is 0 Å². The van der Waals surface area contributed by atoms with E-state index in [1.165, 1.54) is 12.8 Å². The molecule has 1 aliphatic heterocycles. The third-order valence-corrected chi connectivity index (χ3v) is 7.92. The molecule has 0 atom stereocenters. The monoisotopic (exact) mass is 490 g/mol. The van der Waals surface area contributed by atoms with Crippen LogP contribution in [0, 0.1) is 5.92 Å². The smallest absolute Gasteiger partial charge is 0.203 e. The SMILES string of the molecule is CCC1=N/C(=C2/C(=O)C(c3ccc(N(CC)CCCC(=O)C4CCCC4)cc3O)=C2O)C(C)=C1CC. The predicted molar refractivity (Wildman–Crippen MR) is 144 cm³/mol. The third-order valence-electron chi connectivity index (χ3n) is 7.92. The molecule has 3 aliphatic rings. The average Bonchev–Trinajstić information content (AvgIpc) is 3.51. The Labute approximate surface area is 214 Å². The maximum Gasteiger partial charge on any atom is 0.203 e. The molecule has 0 amide bonds. The Morgan fingerprint density at radius 3 is 2.36 bits per heavy atom. The average molecular weight is 491 g/mol. The first-order valence-corrected chi connectivity index (χ1v) is 13.4. The molecule has 192 valence electrons. The number of Topliss-reactive ketones (excluding diaryl/α,β-unsaturated/α-hetero) is 2. The number of benzene rings is 1. The van der Waals surface area contributed by atoms with Crippen LogP contribution in [0.15, 0.2) is 51.4 Å². The van der Waals surface area contributed by atoms with Gasteiger partial charge in [0.05, 0.1) is 16.8 Å². The van der Waals surface area contributed by atoms with Gasteiger partial charge >= 0.3 is 0 Å². The van der Waals surface area contributed by atoms with Crippen LogP contribution in [0.3, 0.4) is 0 Å². The Bertz CT molecular complexity index is 1200. The van der Waals surface area contributed by atoms with Crippen LogP contribution in [0.5, 0.6) is 5.75 Å². The molecule has 0 aromatic heterocycles. The number of anilines is 1. The second-order valence-electron chi connectivity index (χ2n) is 9.98. The van der Waals surface area contributed by atoms with E-state index in [1.807, 2.05) is 26.8 Å². The van der Waals surface area contributed by atoms with Crippen LogP contribution >= 0.6 is 0 Å². The molecular weight excluding hydrogens is 452 g/mol. The van der Waals surface area contributed by atoms with Crippen LogP contribution in [0.4, 0.5) is 5.69 Å². The number of carbonyl (C=O) groups excluding carboxylic acids is 2. The van der Waals surface area contributed by atoms with Crippen LogP contribution in [-0.2, 0) is 9.59 Å². The quantitative estimate of drug-likeness (QED) is 0.368. The van der Waals surface area contributed by atoms with Crippen molar-refractivity contribution in [3.05, 3.63) is 51.9 Å². The van der Waals surface area contributed by atoms with Gasteiger partial charge in [-0.05, 0) is 69.2 Å². The van der Waals surface area contributed by atoms with Crippen molar-refractivity contribution in [2.75, 3.05) is 18.0 Å². The molecule has 2 N–H and O–H groups in total. The van der Waals surface area contributed by atoms with Gasteiger partial charge < -0.3 is 15.1 Å². The lowest BCUT2D eigenvalue weighted by Crippen LogP contribution is -2.25. The van der Waals surface area contributed by atoms with E-state index in [2.05, 4.69) is 16.8 Å². The van der Waals surface area contributed by atoms with Crippen molar-refractivity contribution in [1.82, 2.24) is 0 Å². The molecule has 1 fully saturated rings. The molecule has 2 aliphatic carbocycles. The summed E-state index contributed by atoms with van der Waals surface area (Å²) >= 11 is 0. The van der Waals surface area contributed by atoms with Gasteiger partial charge in [0.25, 0.3) is 0 Å². The number of phenolic OH excluding ortho intramolecular Hbond substituents is 1. The first kappa shape index (κ1) is 25.9. The predicted octanol–water partition coefficient (Wildman–Crippen LogP) is 6.46. The van der Waals surface area contributed by atoms with Crippen molar-refractivity contribution in [2.24, 2.45) is 10.9 Å². The van der Waals surface area contributed by atoms with E-state index in [4.69, 9.17) is 0 Å². The molecule has 0 bridgehead atoms. The molecule has 0 spiro atoms. The van der Waals surface area contributed by atoms with Gasteiger partial charge in [-0.1, -0.05) is 26.7 Å². The molecule has 0 saturated heterocycles. The number of rotatable bonds is 10. The minimum Gasteiger partial charge on any atom is -0.507 e. The van der Waals surface area contributed by atoms with Crippen LogP contribution in [0.25, 0.3) is 5.57 Å². The number of hydrogen-bond acceptors (Lipinski definition) is 6. The molecule has 1 heterocycles. The van der Waals surface area contributed by atoms with E-state index >= 15 is 0 Å². The highest BCUT2D eigenvalue weighted by atomic mass is 16.3. The molecule has 0 unspecified atom stereocenters. The maximum atomic E-state index is 13.1. The summed E-state index contributed by atoms with van der Waals surface area (Å²) in [6.07, 6.45) is 7.37. The Morgan fingerprint density at radius 2 is 1.81 bits per heavy atom. The highest BCUT2D eigenvalue weighted by Crippen LogP contribution is 2.45. The summed E-state index contributed by atoms with van der Waals surface area (Å²) in [4.78, 5) is 32.3. The van der Waals surface area contributed by atoms with E-state index in [1.54, 1.807) is 12.1 Å². The molecule has 6 nitrogen and oxygen atoms in total. The van der Waals surface area contributed by atoms with Gasteiger partial charge in [-0.15, -0.1) is 0 Å². The Balaban J connectivity index is 1.51. The minimum atomic E-state index is -0.292. The summed E-state index contributed by atoms with van der Waals surface area (Å²) < 4.78 is 0. The number of aliphatic imine (C=N–C) groups is 1. The summed E-state index contributed by atoms with van der Waals surface area (Å²) in [7, 11) is 0. The Hall–Kier alpha value is -3.15. The maximum absolute atomic E-state index is 13.1. The largest absolute Gasteiger partial charge is 0.507 e. The van der Waals surface area contributed by atoms with E-state index in [9.17, 15) is 19.8 Å². The van der Waals surface area contributed by atoms with Crippen molar-refractivity contribution in [3.8, 4) is 5.75 Å². The fourth-order valence-corrected chi connectivity index (χ4v) is 5.82. The zero-order valence-electron chi connectivity index (χ0n) is 22.0. The number of aliphatic hydroxyl groups is 1. The number of aliphatic hydroxyl groups excluding tert-OH is 1. The fraction of sp³-hybridized carbons (Fsp3) is 0.500. The van der Waals surface area contributed by atoms with Crippen molar-refractivity contribution < 1.29 is 19.8 Å². The summed E-state index contributed by atoms with van der Waals surface area (Å²) in [5.74, 6) is 0.190. The number of nitrogens with zero attached hydrogens (tertiary/aromatic N) is 2. The second-order valence-corrected chi connectivity index (χ2v) is 9.98.